The van der Waals surface area contributed by atoms with E-state index in [1.807, 2.05) is 13.8 Å². The Bertz CT molecular complexity index is 912. The molecule has 1 atom stereocenters. The van der Waals surface area contributed by atoms with Crippen LogP contribution >= 0.6 is 11.6 Å². The third-order valence-electron chi connectivity index (χ3n) is 3.76. The summed E-state index contributed by atoms with van der Waals surface area (Å²) in [5.74, 6) is 0.166. The van der Waals surface area contributed by atoms with E-state index in [0.29, 0.717) is 22.0 Å². The molecule has 146 valence electrons. The fourth-order valence-electron chi connectivity index (χ4n) is 2.28. The van der Waals surface area contributed by atoms with Gasteiger partial charge < -0.3 is 10.1 Å². The van der Waals surface area contributed by atoms with E-state index in [1.165, 1.54) is 24.3 Å². The lowest BCUT2D eigenvalue weighted by Crippen LogP contribution is -2.40. The van der Waals surface area contributed by atoms with Crippen LogP contribution in [0.2, 0.25) is 5.02 Å². The zero-order valence-electron chi connectivity index (χ0n) is 15.6. The van der Waals surface area contributed by atoms with Gasteiger partial charge in [-0.15, -0.1) is 0 Å². The number of sulfonamides is 1. The molecule has 0 aromatic heterocycles. The second-order valence-corrected chi connectivity index (χ2v) is 8.50. The quantitative estimate of drug-likeness (QED) is 0.728. The van der Waals surface area contributed by atoms with Gasteiger partial charge in [0.25, 0.3) is 15.9 Å². The smallest absolute Gasteiger partial charge is 0.261 e. The number of amides is 1. The van der Waals surface area contributed by atoms with Crippen molar-refractivity contribution in [3.8, 4) is 5.75 Å². The first-order chi connectivity index (χ1) is 12.6. The maximum atomic E-state index is 12.6. The molecule has 1 amide bonds. The molecular weight excluding hydrogens is 388 g/mol. The predicted molar refractivity (Wildman–Crippen MR) is 107 cm³/mol. The van der Waals surface area contributed by atoms with Gasteiger partial charge in [0.2, 0.25) is 0 Å². The van der Waals surface area contributed by atoms with Crippen LogP contribution in [0.1, 0.15) is 26.3 Å². The summed E-state index contributed by atoms with van der Waals surface area (Å²) >= 11 is 6.03. The Morgan fingerprint density at radius 1 is 1.07 bits per heavy atom. The lowest BCUT2D eigenvalue weighted by molar-refractivity contribution is -0.127. The van der Waals surface area contributed by atoms with Crippen molar-refractivity contribution in [2.24, 2.45) is 0 Å². The predicted octanol–water partition coefficient (Wildman–Crippen LogP) is 3.74. The Morgan fingerprint density at radius 3 is 2.30 bits per heavy atom. The fourth-order valence-corrected chi connectivity index (χ4v) is 3.58. The number of benzene rings is 2. The van der Waals surface area contributed by atoms with Crippen LogP contribution in [0.15, 0.2) is 47.4 Å². The van der Waals surface area contributed by atoms with Gasteiger partial charge in [-0.1, -0.05) is 17.7 Å². The summed E-state index contributed by atoms with van der Waals surface area (Å²) in [5.41, 5.74) is 1.06. The van der Waals surface area contributed by atoms with Gasteiger partial charge in [-0.25, -0.2) is 8.42 Å². The van der Waals surface area contributed by atoms with Gasteiger partial charge in [0.15, 0.2) is 6.10 Å². The average molecular weight is 411 g/mol. The van der Waals surface area contributed by atoms with Crippen LogP contribution in [0.25, 0.3) is 0 Å². The summed E-state index contributed by atoms with van der Waals surface area (Å²) in [6.45, 7) is 7.09. The second kappa shape index (κ2) is 8.63. The molecule has 0 aliphatic carbocycles. The van der Waals surface area contributed by atoms with E-state index < -0.39 is 16.1 Å². The van der Waals surface area contributed by atoms with E-state index in [1.54, 1.807) is 32.0 Å². The molecule has 0 radical (unpaired) electrons. The number of ether oxygens (including phenoxy) is 1. The lowest BCUT2D eigenvalue weighted by atomic mass is 10.2. The molecule has 2 aromatic rings. The number of hydrogen-bond acceptors (Lipinski definition) is 4. The molecule has 0 aliphatic rings. The van der Waals surface area contributed by atoms with Crippen molar-refractivity contribution in [1.82, 2.24) is 5.32 Å². The van der Waals surface area contributed by atoms with Crippen molar-refractivity contribution in [3.63, 3.8) is 0 Å². The van der Waals surface area contributed by atoms with Gasteiger partial charge in [-0.3, -0.25) is 9.52 Å². The molecule has 0 heterocycles. The van der Waals surface area contributed by atoms with Crippen molar-refractivity contribution in [1.29, 1.82) is 0 Å². The van der Waals surface area contributed by atoms with Gasteiger partial charge in [0.1, 0.15) is 5.75 Å². The Labute approximate surface area is 164 Å². The van der Waals surface area contributed by atoms with E-state index in [-0.39, 0.29) is 16.8 Å². The number of halogens is 1. The third-order valence-corrected chi connectivity index (χ3v) is 5.55. The van der Waals surface area contributed by atoms with Gasteiger partial charge in [0.05, 0.1) is 10.6 Å². The highest BCUT2D eigenvalue weighted by atomic mass is 35.5. The van der Waals surface area contributed by atoms with Gasteiger partial charge >= 0.3 is 0 Å². The summed E-state index contributed by atoms with van der Waals surface area (Å²) in [6, 6.07) is 10.9. The van der Waals surface area contributed by atoms with Crippen LogP contribution in [-0.4, -0.2) is 26.5 Å². The number of anilines is 1. The molecule has 0 saturated heterocycles. The highest BCUT2D eigenvalue weighted by Gasteiger charge is 2.18. The standard InChI is InChI=1S/C19H23ClN2O4S/c1-12(2)21-19(23)14(4)26-15-8-10-16(11-9-15)27(24,25)22-18-7-5-6-17(20)13(18)3/h5-12,14,22H,1-4H3,(H,21,23)/t14-/m1/s1. The Balaban J connectivity index is 2.11. The molecule has 0 saturated carbocycles. The van der Waals surface area contributed by atoms with Crippen LogP contribution in [0.3, 0.4) is 0 Å². The van der Waals surface area contributed by atoms with E-state index in [4.69, 9.17) is 16.3 Å². The Morgan fingerprint density at radius 2 is 1.70 bits per heavy atom. The molecule has 2 aromatic carbocycles. The van der Waals surface area contributed by atoms with E-state index in [9.17, 15) is 13.2 Å². The van der Waals surface area contributed by atoms with Crippen molar-refractivity contribution >= 4 is 33.2 Å². The van der Waals surface area contributed by atoms with Gasteiger partial charge in [-0.05, 0) is 69.7 Å². The zero-order valence-corrected chi connectivity index (χ0v) is 17.2. The minimum atomic E-state index is -3.77. The molecular formula is C19H23ClN2O4S. The summed E-state index contributed by atoms with van der Waals surface area (Å²) < 4.78 is 33.2. The summed E-state index contributed by atoms with van der Waals surface area (Å²) in [7, 11) is -3.77. The maximum absolute atomic E-state index is 12.6. The maximum Gasteiger partial charge on any atom is 0.261 e. The molecule has 0 bridgehead atoms. The Hall–Kier alpha value is -2.25. The van der Waals surface area contributed by atoms with Gasteiger partial charge in [-0.2, -0.15) is 0 Å². The number of carbonyl (C=O) groups is 1. The van der Waals surface area contributed by atoms with Crippen LogP contribution in [0.5, 0.6) is 5.75 Å². The van der Waals surface area contributed by atoms with Crippen molar-refractivity contribution in [3.05, 3.63) is 53.1 Å². The molecule has 6 nitrogen and oxygen atoms in total. The van der Waals surface area contributed by atoms with Crippen LogP contribution in [-0.2, 0) is 14.8 Å². The highest BCUT2D eigenvalue weighted by Crippen LogP contribution is 2.26. The molecule has 0 spiro atoms. The Kier molecular flexibility index (Phi) is 6.73. The van der Waals surface area contributed by atoms with Gasteiger partial charge in [0, 0.05) is 11.1 Å². The summed E-state index contributed by atoms with van der Waals surface area (Å²) in [6.07, 6.45) is -0.693. The van der Waals surface area contributed by atoms with Crippen LogP contribution < -0.4 is 14.8 Å². The minimum Gasteiger partial charge on any atom is -0.481 e. The normalized spacial score (nSPS) is 12.5. The molecule has 0 aliphatic heterocycles. The topological polar surface area (TPSA) is 84.5 Å². The largest absolute Gasteiger partial charge is 0.481 e. The first kappa shape index (κ1) is 21.1. The number of rotatable bonds is 7. The third kappa shape index (κ3) is 5.61. The van der Waals surface area contributed by atoms with Crippen LogP contribution in [0, 0.1) is 6.92 Å². The first-order valence-electron chi connectivity index (χ1n) is 8.45. The SMILES string of the molecule is Cc1c(Cl)cccc1NS(=O)(=O)c1ccc(O[C@H](C)C(=O)NC(C)C)cc1. The number of hydrogen-bond donors (Lipinski definition) is 2. The van der Waals surface area contributed by atoms with Crippen LogP contribution in [0.4, 0.5) is 5.69 Å². The van der Waals surface area contributed by atoms with Crippen molar-refractivity contribution in [2.75, 3.05) is 4.72 Å². The molecule has 2 rings (SSSR count). The van der Waals surface area contributed by atoms with Crippen molar-refractivity contribution in [2.45, 2.75) is 44.7 Å². The monoisotopic (exact) mass is 410 g/mol. The zero-order chi connectivity index (χ0) is 20.2. The van der Waals surface area contributed by atoms with Crippen molar-refractivity contribution < 1.29 is 17.9 Å². The number of nitrogens with one attached hydrogen (secondary N) is 2. The van der Waals surface area contributed by atoms with E-state index in [2.05, 4.69) is 10.0 Å². The first-order valence-corrected chi connectivity index (χ1v) is 10.3. The average Bonchev–Trinajstić information content (AvgIpc) is 2.58. The summed E-state index contributed by atoms with van der Waals surface area (Å²) in [5, 5.41) is 3.23. The molecule has 8 heteroatoms. The second-order valence-electron chi connectivity index (χ2n) is 6.41. The fraction of sp³-hybridized carbons (Fsp3) is 0.316. The van der Waals surface area contributed by atoms with E-state index in [0.717, 1.165) is 0 Å². The molecule has 0 unspecified atom stereocenters. The lowest BCUT2D eigenvalue weighted by Gasteiger charge is -2.17. The molecule has 2 N–H and O–H groups in total. The molecule has 27 heavy (non-hydrogen) atoms. The number of carbonyl (C=O) groups excluding carboxylic acids is 1. The summed E-state index contributed by atoms with van der Waals surface area (Å²) in [4.78, 5) is 12.0. The minimum absolute atomic E-state index is 0.0112. The highest BCUT2D eigenvalue weighted by molar-refractivity contribution is 7.92. The van der Waals surface area contributed by atoms with E-state index >= 15 is 0 Å². The molecule has 0 fully saturated rings.